The molecule has 0 aliphatic rings. The van der Waals surface area contributed by atoms with Gasteiger partial charge in [0.2, 0.25) is 15.9 Å². The number of amides is 1. The minimum atomic E-state index is -3.82. The molecule has 0 spiro atoms. The van der Waals surface area contributed by atoms with Gasteiger partial charge in [-0.15, -0.1) is 0 Å². The van der Waals surface area contributed by atoms with E-state index < -0.39 is 10.0 Å². The zero-order valence-electron chi connectivity index (χ0n) is 19.0. The molecule has 0 unspecified atom stereocenters. The summed E-state index contributed by atoms with van der Waals surface area (Å²) in [6.07, 6.45) is 0. The van der Waals surface area contributed by atoms with Crippen molar-refractivity contribution >= 4 is 15.9 Å². The van der Waals surface area contributed by atoms with Crippen molar-refractivity contribution in [1.82, 2.24) is 9.21 Å². The van der Waals surface area contributed by atoms with Crippen molar-refractivity contribution in [2.75, 3.05) is 6.54 Å². The van der Waals surface area contributed by atoms with Crippen LogP contribution in [0, 0.1) is 13.8 Å². The maximum absolute atomic E-state index is 13.4. The largest absolute Gasteiger partial charge is 0.464 e. The minimum absolute atomic E-state index is 0.181. The summed E-state index contributed by atoms with van der Waals surface area (Å²) in [5.41, 5.74) is 1.93. The Labute approximate surface area is 190 Å². The number of benzene rings is 2. The van der Waals surface area contributed by atoms with E-state index in [9.17, 15) is 13.2 Å². The van der Waals surface area contributed by atoms with Crippen molar-refractivity contribution in [3.8, 4) is 0 Å². The first-order valence-electron chi connectivity index (χ1n) is 10.6. The fraction of sp³-hybridized carbons (Fsp3) is 0.320. The van der Waals surface area contributed by atoms with Crippen molar-refractivity contribution in [1.29, 1.82) is 0 Å². The molecule has 3 aromatic rings. The lowest BCUT2D eigenvalue weighted by molar-refractivity contribution is -0.133. The Balaban J connectivity index is 1.86. The first-order valence-corrected chi connectivity index (χ1v) is 12.1. The summed E-state index contributed by atoms with van der Waals surface area (Å²) < 4.78 is 33.5. The summed E-state index contributed by atoms with van der Waals surface area (Å²) in [6.45, 7) is 7.67. The van der Waals surface area contributed by atoms with Gasteiger partial charge in [0.05, 0.1) is 18.0 Å². The fourth-order valence-electron chi connectivity index (χ4n) is 3.42. The molecular weight excluding hydrogens is 424 g/mol. The SMILES string of the molecule is Cc1ccc(S(=O)(=O)N(CC(=O)N(Cc2ccccc2)Cc2ccc(C)o2)C(C)C)cc1. The highest BCUT2D eigenvalue weighted by Crippen LogP contribution is 2.20. The summed E-state index contributed by atoms with van der Waals surface area (Å²) in [5, 5.41) is 0. The molecule has 7 heteroatoms. The molecule has 170 valence electrons. The molecule has 32 heavy (non-hydrogen) atoms. The molecule has 3 rings (SSSR count). The molecule has 6 nitrogen and oxygen atoms in total. The number of rotatable bonds is 9. The number of sulfonamides is 1. The van der Waals surface area contributed by atoms with Gasteiger partial charge in [-0.25, -0.2) is 8.42 Å². The molecule has 0 saturated heterocycles. The standard InChI is InChI=1S/C25H30N2O4S/c1-19(2)27(32(29,30)24-14-10-20(3)11-15-24)18-25(28)26(16-22-8-6-5-7-9-22)17-23-13-12-21(4)31-23/h5-15,19H,16-18H2,1-4H3. The Bertz CT molecular complexity index is 1140. The van der Waals surface area contributed by atoms with Crippen LogP contribution >= 0.6 is 0 Å². The first kappa shape index (κ1) is 23.8. The highest BCUT2D eigenvalue weighted by atomic mass is 32.2. The molecule has 1 aromatic heterocycles. The molecule has 0 N–H and O–H groups in total. The topological polar surface area (TPSA) is 70.8 Å². The van der Waals surface area contributed by atoms with Gasteiger partial charge < -0.3 is 9.32 Å². The third-order valence-corrected chi connectivity index (χ3v) is 7.24. The number of furan rings is 1. The van der Waals surface area contributed by atoms with Crippen LogP contribution in [-0.2, 0) is 27.9 Å². The average Bonchev–Trinajstić information content (AvgIpc) is 3.16. The minimum Gasteiger partial charge on any atom is -0.464 e. The zero-order valence-corrected chi connectivity index (χ0v) is 19.8. The van der Waals surface area contributed by atoms with E-state index in [-0.39, 0.29) is 29.9 Å². The van der Waals surface area contributed by atoms with Crippen molar-refractivity contribution in [2.45, 2.75) is 51.7 Å². The van der Waals surface area contributed by atoms with Gasteiger partial charge in [0, 0.05) is 12.6 Å². The van der Waals surface area contributed by atoms with E-state index in [1.54, 1.807) is 43.0 Å². The van der Waals surface area contributed by atoms with Gasteiger partial charge in [0.15, 0.2) is 0 Å². The summed E-state index contributed by atoms with van der Waals surface area (Å²) in [7, 11) is -3.82. The number of hydrogen-bond acceptors (Lipinski definition) is 4. The van der Waals surface area contributed by atoms with Gasteiger partial charge in [-0.05, 0) is 57.5 Å². The molecule has 0 aliphatic heterocycles. The van der Waals surface area contributed by atoms with Gasteiger partial charge in [0.25, 0.3) is 0 Å². The molecule has 0 saturated carbocycles. The monoisotopic (exact) mass is 454 g/mol. The maximum atomic E-state index is 13.4. The van der Waals surface area contributed by atoms with Crippen molar-refractivity contribution in [3.05, 3.63) is 89.4 Å². The predicted molar refractivity (Wildman–Crippen MR) is 124 cm³/mol. The van der Waals surface area contributed by atoms with Crippen molar-refractivity contribution in [3.63, 3.8) is 0 Å². The lowest BCUT2D eigenvalue weighted by Crippen LogP contribution is -2.45. The third kappa shape index (κ3) is 5.87. The number of aryl methyl sites for hydroxylation is 2. The molecule has 0 bridgehead atoms. The normalized spacial score (nSPS) is 11.8. The lowest BCUT2D eigenvalue weighted by Gasteiger charge is -2.29. The number of carbonyl (C=O) groups excluding carboxylic acids is 1. The van der Waals surface area contributed by atoms with Crippen LogP contribution in [0.25, 0.3) is 0 Å². The Hall–Kier alpha value is -2.90. The summed E-state index contributed by atoms with van der Waals surface area (Å²) >= 11 is 0. The van der Waals surface area contributed by atoms with Crippen LogP contribution in [0.15, 0.2) is 76.0 Å². The van der Waals surface area contributed by atoms with Crippen LogP contribution in [0.1, 0.15) is 36.5 Å². The highest BCUT2D eigenvalue weighted by Gasteiger charge is 2.31. The fourth-order valence-corrected chi connectivity index (χ4v) is 5.00. The number of hydrogen-bond donors (Lipinski definition) is 0. The Kier molecular flexibility index (Phi) is 7.53. The molecule has 0 radical (unpaired) electrons. The van der Waals surface area contributed by atoms with Gasteiger partial charge in [-0.3, -0.25) is 4.79 Å². The average molecular weight is 455 g/mol. The third-order valence-electron chi connectivity index (χ3n) is 5.21. The van der Waals surface area contributed by atoms with E-state index in [0.717, 1.165) is 16.9 Å². The second-order valence-electron chi connectivity index (χ2n) is 8.20. The second kappa shape index (κ2) is 10.1. The van der Waals surface area contributed by atoms with Gasteiger partial charge in [0.1, 0.15) is 11.5 Å². The molecule has 0 fully saturated rings. The predicted octanol–water partition coefficient (Wildman–Crippen LogP) is 4.52. The molecule has 2 aromatic carbocycles. The number of carbonyl (C=O) groups is 1. The van der Waals surface area contributed by atoms with Crippen LogP contribution in [0.5, 0.6) is 0 Å². The highest BCUT2D eigenvalue weighted by molar-refractivity contribution is 7.89. The Morgan fingerprint density at radius 1 is 0.906 bits per heavy atom. The Morgan fingerprint density at radius 3 is 2.12 bits per heavy atom. The summed E-state index contributed by atoms with van der Waals surface area (Å²) in [4.78, 5) is 15.2. The summed E-state index contributed by atoms with van der Waals surface area (Å²) in [6, 6.07) is 19.6. The van der Waals surface area contributed by atoms with Crippen LogP contribution in [-0.4, -0.2) is 36.1 Å². The van der Waals surface area contributed by atoms with E-state index >= 15 is 0 Å². The van der Waals surface area contributed by atoms with E-state index in [4.69, 9.17) is 4.42 Å². The van der Waals surface area contributed by atoms with E-state index in [1.807, 2.05) is 56.3 Å². The summed E-state index contributed by atoms with van der Waals surface area (Å²) in [5.74, 6) is 1.13. The lowest BCUT2D eigenvalue weighted by atomic mass is 10.2. The molecular formula is C25H30N2O4S. The van der Waals surface area contributed by atoms with Crippen molar-refractivity contribution < 1.29 is 17.6 Å². The smallest absolute Gasteiger partial charge is 0.243 e. The van der Waals surface area contributed by atoms with E-state index in [0.29, 0.717) is 12.3 Å². The van der Waals surface area contributed by atoms with E-state index in [2.05, 4.69) is 0 Å². The van der Waals surface area contributed by atoms with Crippen molar-refractivity contribution in [2.24, 2.45) is 0 Å². The van der Waals surface area contributed by atoms with Gasteiger partial charge >= 0.3 is 0 Å². The zero-order chi connectivity index (χ0) is 23.3. The molecule has 0 atom stereocenters. The van der Waals surface area contributed by atoms with Gasteiger partial charge in [-0.2, -0.15) is 4.31 Å². The van der Waals surface area contributed by atoms with Crippen LogP contribution in [0.4, 0.5) is 0 Å². The molecule has 1 heterocycles. The van der Waals surface area contributed by atoms with Gasteiger partial charge in [-0.1, -0.05) is 48.0 Å². The maximum Gasteiger partial charge on any atom is 0.243 e. The molecule has 1 amide bonds. The second-order valence-corrected chi connectivity index (χ2v) is 10.1. The van der Waals surface area contributed by atoms with Crippen LogP contribution < -0.4 is 0 Å². The Morgan fingerprint density at radius 2 is 1.56 bits per heavy atom. The quantitative estimate of drug-likeness (QED) is 0.476. The van der Waals surface area contributed by atoms with Crippen LogP contribution in [0.2, 0.25) is 0 Å². The first-order chi connectivity index (χ1) is 15.2. The van der Waals surface area contributed by atoms with Crippen LogP contribution in [0.3, 0.4) is 0 Å². The number of nitrogens with zero attached hydrogens (tertiary/aromatic N) is 2. The van der Waals surface area contributed by atoms with E-state index in [1.165, 1.54) is 4.31 Å². The molecule has 0 aliphatic carbocycles.